The molecule has 0 saturated carbocycles. The van der Waals surface area contributed by atoms with Gasteiger partial charge in [0.05, 0.1) is 17.5 Å². The number of nitrogens with zero attached hydrogens (tertiary/aromatic N) is 2. The van der Waals surface area contributed by atoms with Gasteiger partial charge in [-0.3, -0.25) is 29.6 Å². The second kappa shape index (κ2) is 8.54. The van der Waals surface area contributed by atoms with Crippen LogP contribution in [-0.4, -0.2) is 44.8 Å². The van der Waals surface area contributed by atoms with Crippen molar-refractivity contribution in [2.24, 2.45) is 0 Å². The van der Waals surface area contributed by atoms with Crippen molar-refractivity contribution in [2.45, 2.75) is 32.0 Å². The number of aromatic nitrogens is 2. The van der Waals surface area contributed by atoms with E-state index < -0.39 is 11.9 Å². The van der Waals surface area contributed by atoms with Gasteiger partial charge in [-0.1, -0.05) is 12.1 Å². The van der Waals surface area contributed by atoms with Crippen LogP contribution in [0.4, 0.5) is 4.39 Å². The second-order valence-corrected chi connectivity index (χ2v) is 8.24. The Bertz CT molecular complexity index is 1320. The first-order valence-corrected chi connectivity index (χ1v) is 10.7. The van der Waals surface area contributed by atoms with Crippen LogP contribution >= 0.6 is 0 Å². The van der Waals surface area contributed by atoms with E-state index in [1.165, 1.54) is 23.2 Å². The number of benzene rings is 2. The number of hydrogen-bond donors (Lipinski definition) is 3. The van der Waals surface area contributed by atoms with Gasteiger partial charge in [0.2, 0.25) is 11.8 Å². The van der Waals surface area contributed by atoms with Crippen LogP contribution < -0.4 is 10.6 Å². The fourth-order valence-corrected chi connectivity index (χ4v) is 4.28. The zero-order valence-corrected chi connectivity index (χ0v) is 17.9. The molecule has 2 aromatic carbocycles. The smallest absolute Gasteiger partial charge is 0.255 e. The molecule has 5 rings (SSSR count). The Morgan fingerprint density at radius 3 is 2.71 bits per heavy atom. The number of imide groups is 1. The van der Waals surface area contributed by atoms with Crippen LogP contribution in [0.5, 0.6) is 0 Å². The fourth-order valence-electron chi connectivity index (χ4n) is 4.28. The molecule has 1 unspecified atom stereocenters. The third-order valence-corrected chi connectivity index (χ3v) is 6.06. The number of amides is 4. The van der Waals surface area contributed by atoms with Crippen molar-refractivity contribution in [2.75, 3.05) is 0 Å². The van der Waals surface area contributed by atoms with Crippen molar-refractivity contribution in [3.63, 3.8) is 0 Å². The Labute approximate surface area is 193 Å². The summed E-state index contributed by atoms with van der Waals surface area (Å²) in [7, 11) is 0. The van der Waals surface area contributed by atoms with Crippen molar-refractivity contribution in [3.8, 4) is 11.3 Å². The van der Waals surface area contributed by atoms with E-state index in [1.54, 1.807) is 18.2 Å². The Balaban J connectivity index is 1.27. The van der Waals surface area contributed by atoms with Gasteiger partial charge in [-0.05, 0) is 47.9 Å². The molecule has 2 aliphatic heterocycles. The van der Waals surface area contributed by atoms with E-state index in [4.69, 9.17) is 0 Å². The number of carbonyl (C=O) groups is 4. The third kappa shape index (κ3) is 3.94. The number of piperidine rings is 1. The summed E-state index contributed by atoms with van der Waals surface area (Å²) in [5, 5.41) is 11.8. The van der Waals surface area contributed by atoms with Crippen molar-refractivity contribution in [1.82, 2.24) is 25.7 Å². The van der Waals surface area contributed by atoms with E-state index in [-0.39, 0.29) is 36.5 Å². The summed E-state index contributed by atoms with van der Waals surface area (Å²) in [5.74, 6) is -1.81. The topological polar surface area (TPSA) is 124 Å². The van der Waals surface area contributed by atoms with Gasteiger partial charge in [-0.15, -0.1) is 0 Å². The van der Waals surface area contributed by atoms with Crippen LogP contribution in [0.2, 0.25) is 0 Å². The van der Waals surface area contributed by atoms with E-state index in [0.717, 1.165) is 11.1 Å². The SMILES string of the molecule is O=C1CCC(N2Cc3ccc(CNC(=O)c4cn[nH]c4-c4ccc(F)cc4)cc3C2=O)C(=O)N1. The highest BCUT2D eigenvalue weighted by Gasteiger charge is 2.39. The molecule has 1 fully saturated rings. The standard InChI is InChI=1S/C24H20FN5O4/c25-16-5-3-14(4-6-16)21-18(11-27-29-21)22(32)26-10-13-1-2-15-12-30(24(34)17(15)9-13)19-7-8-20(31)28-23(19)33/h1-6,9,11,19H,7-8,10,12H2,(H,26,32)(H,27,29)(H,28,31,33). The second-order valence-electron chi connectivity index (χ2n) is 8.24. The molecule has 2 aliphatic rings. The lowest BCUT2D eigenvalue weighted by Crippen LogP contribution is -2.52. The molecule has 0 bridgehead atoms. The summed E-state index contributed by atoms with van der Waals surface area (Å²) < 4.78 is 13.2. The van der Waals surface area contributed by atoms with Gasteiger partial charge in [0.25, 0.3) is 11.8 Å². The van der Waals surface area contributed by atoms with Crippen LogP contribution in [0.25, 0.3) is 11.3 Å². The summed E-state index contributed by atoms with van der Waals surface area (Å²) in [5.41, 5.74) is 3.40. The lowest BCUT2D eigenvalue weighted by molar-refractivity contribution is -0.136. The average Bonchev–Trinajstić information content (AvgIpc) is 3.43. The molecule has 0 spiro atoms. The maximum atomic E-state index is 13.2. The molecule has 1 saturated heterocycles. The number of rotatable bonds is 5. The molecule has 3 aromatic rings. The normalized spacial score (nSPS) is 17.5. The highest BCUT2D eigenvalue weighted by molar-refractivity contribution is 6.05. The number of fused-ring (bicyclic) bond motifs is 1. The molecule has 34 heavy (non-hydrogen) atoms. The Morgan fingerprint density at radius 1 is 1.15 bits per heavy atom. The molecule has 3 N–H and O–H groups in total. The van der Waals surface area contributed by atoms with Crippen LogP contribution in [0, 0.1) is 5.82 Å². The van der Waals surface area contributed by atoms with Gasteiger partial charge in [-0.25, -0.2) is 4.39 Å². The molecule has 4 amide bonds. The van der Waals surface area contributed by atoms with Crippen molar-refractivity contribution in [1.29, 1.82) is 0 Å². The fraction of sp³-hybridized carbons (Fsp3) is 0.208. The molecule has 10 heteroatoms. The number of hydrogen-bond acceptors (Lipinski definition) is 5. The Kier molecular flexibility index (Phi) is 5.40. The predicted octanol–water partition coefficient (Wildman–Crippen LogP) is 1.91. The van der Waals surface area contributed by atoms with E-state index in [0.29, 0.717) is 35.3 Å². The van der Waals surface area contributed by atoms with E-state index >= 15 is 0 Å². The maximum Gasteiger partial charge on any atom is 0.255 e. The van der Waals surface area contributed by atoms with E-state index in [2.05, 4.69) is 20.8 Å². The minimum atomic E-state index is -0.674. The molecule has 1 aromatic heterocycles. The lowest BCUT2D eigenvalue weighted by atomic mass is 10.0. The maximum absolute atomic E-state index is 13.2. The van der Waals surface area contributed by atoms with Gasteiger partial charge in [-0.2, -0.15) is 5.10 Å². The highest BCUT2D eigenvalue weighted by atomic mass is 19.1. The minimum absolute atomic E-state index is 0.172. The van der Waals surface area contributed by atoms with Crippen LogP contribution in [0.1, 0.15) is 44.7 Å². The highest BCUT2D eigenvalue weighted by Crippen LogP contribution is 2.28. The molecular weight excluding hydrogens is 441 g/mol. The molecule has 172 valence electrons. The van der Waals surface area contributed by atoms with Crippen LogP contribution in [0.3, 0.4) is 0 Å². The number of aromatic amines is 1. The van der Waals surface area contributed by atoms with Crippen LogP contribution in [-0.2, 0) is 22.7 Å². The first-order chi connectivity index (χ1) is 16.4. The first-order valence-electron chi connectivity index (χ1n) is 10.7. The van der Waals surface area contributed by atoms with Crippen molar-refractivity contribution >= 4 is 23.6 Å². The molecule has 0 radical (unpaired) electrons. The molecular formula is C24H20FN5O4. The van der Waals surface area contributed by atoms with Gasteiger partial charge >= 0.3 is 0 Å². The molecule has 9 nitrogen and oxygen atoms in total. The lowest BCUT2D eigenvalue weighted by Gasteiger charge is -2.29. The Hall–Kier alpha value is -4.34. The zero-order valence-electron chi connectivity index (χ0n) is 17.9. The summed E-state index contributed by atoms with van der Waals surface area (Å²) in [6.07, 6.45) is 1.90. The summed E-state index contributed by atoms with van der Waals surface area (Å²) in [6.45, 7) is 0.467. The van der Waals surface area contributed by atoms with Gasteiger partial charge < -0.3 is 10.2 Å². The number of H-pyrrole nitrogens is 1. The summed E-state index contributed by atoms with van der Waals surface area (Å²) in [6, 6.07) is 10.4. The largest absolute Gasteiger partial charge is 0.348 e. The zero-order chi connectivity index (χ0) is 23.8. The van der Waals surface area contributed by atoms with Crippen LogP contribution in [0.15, 0.2) is 48.7 Å². The monoisotopic (exact) mass is 461 g/mol. The number of nitrogens with one attached hydrogen (secondary N) is 3. The van der Waals surface area contributed by atoms with Gasteiger partial charge in [0.1, 0.15) is 11.9 Å². The third-order valence-electron chi connectivity index (χ3n) is 6.06. The average molecular weight is 461 g/mol. The molecule has 3 heterocycles. The van der Waals surface area contributed by atoms with Crippen molar-refractivity contribution in [3.05, 3.63) is 76.7 Å². The quantitative estimate of drug-likeness (QED) is 0.501. The predicted molar refractivity (Wildman–Crippen MR) is 118 cm³/mol. The first kappa shape index (κ1) is 21.5. The molecule has 0 aliphatic carbocycles. The number of halogens is 1. The summed E-state index contributed by atoms with van der Waals surface area (Å²) >= 11 is 0. The van der Waals surface area contributed by atoms with Gasteiger partial charge in [0, 0.05) is 30.6 Å². The van der Waals surface area contributed by atoms with E-state index in [9.17, 15) is 23.6 Å². The minimum Gasteiger partial charge on any atom is -0.348 e. The van der Waals surface area contributed by atoms with Crippen molar-refractivity contribution < 1.29 is 23.6 Å². The number of carbonyl (C=O) groups excluding carboxylic acids is 4. The molecule has 1 atom stereocenters. The Morgan fingerprint density at radius 2 is 1.94 bits per heavy atom. The summed E-state index contributed by atoms with van der Waals surface area (Å²) in [4.78, 5) is 50.8. The van der Waals surface area contributed by atoms with Gasteiger partial charge in [0.15, 0.2) is 0 Å². The van der Waals surface area contributed by atoms with E-state index in [1.807, 2.05) is 12.1 Å².